The highest BCUT2D eigenvalue weighted by Gasteiger charge is 2.13. The van der Waals surface area contributed by atoms with Gasteiger partial charge in [0.05, 0.1) is 6.10 Å². The van der Waals surface area contributed by atoms with Gasteiger partial charge in [0.15, 0.2) is 5.82 Å². The maximum absolute atomic E-state index is 9.66. The Bertz CT molecular complexity index is 504. The molecule has 5 heteroatoms. The first-order valence-electron chi connectivity index (χ1n) is 5.13. The van der Waals surface area contributed by atoms with Gasteiger partial charge >= 0.3 is 0 Å². The van der Waals surface area contributed by atoms with E-state index in [2.05, 4.69) is 15.1 Å². The summed E-state index contributed by atoms with van der Waals surface area (Å²) in [6.07, 6.45) is 1.10. The highest BCUT2D eigenvalue weighted by molar-refractivity contribution is 5.34. The number of hydrogen-bond acceptors (Lipinski definition) is 4. The summed E-state index contributed by atoms with van der Waals surface area (Å²) in [5.74, 6) is 2.09. The molecule has 0 amide bonds. The predicted molar refractivity (Wildman–Crippen MR) is 59.3 cm³/mol. The second-order valence-electron chi connectivity index (χ2n) is 3.71. The molecule has 84 valence electrons. The molecule has 2 heterocycles. The molecule has 2 aromatic rings. The summed E-state index contributed by atoms with van der Waals surface area (Å²) < 4.78 is 1.65. The molecule has 5 nitrogen and oxygen atoms in total. The zero-order chi connectivity index (χ0) is 11.7. The summed E-state index contributed by atoms with van der Waals surface area (Å²) in [5, 5.41) is 13.9. The number of rotatable bonds is 2. The van der Waals surface area contributed by atoms with Gasteiger partial charge in [-0.3, -0.25) is 0 Å². The Morgan fingerprint density at radius 3 is 2.69 bits per heavy atom. The number of aliphatic hydroxyl groups is 1. The zero-order valence-electron chi connectivity index (χ0n) is 9.55. The van der Waals surface area contributed by atoms with E-state index in [0.717, 1.165) is 11.4 Å². The minimum Gasteiger partial charge on any atom is -0.389 e. The number of hydrogen-bond donors (Lipinski definition) is 1. The Morgan fingerprint density at radius 1 is 1.38 bits per heavy atom. The van der Waals surface area contributed by atoms with Crippen LogP contribution in [-0.4, -0.2) is 24.9 Å². The van der Waals surface area contributed by atoms with Crippen molar-refractivity contribution in [3.63, 3.8) is 0 Å². The lowest BCUT2D eigenvalue weighted by Crippen LogP contribution is -2.08. The largest absolute Gasteiger partial charge is 0.389 e. The first-order valence-corrected chi connectivity index (χ1v) is 5.13. The standard InChI is InChI=1S/C11H14N4O/c1-7(16)10-5-4-6-12-11(10)15-9(3)13-8(2)14-15/h4-7,16H,1-3H3/t7-/m0/s1. The van der Waals surface area contributed by atoms with Gasteiger partial charge in [0.2, 0.25) is 0 Å². The van der Waals surface area contributed by atoms with E-state index in [-0.39, 0.29) is 0 Å². The van der Waals surface area contributed by atoms with E-state index in [9.17, 15) is 5.11 Å². The summed E-state index contributed by atoms with van der Waals surface area (Å²) >= 11 is 0. The molecule has 2 rings (SSSR count). The molecule has 0 spiro atoms. The van der Waals surface area contributed by atoms with Crippen LogP contribution in [-0.2, 0) is 0 Å². The molecule has 0 radical (unpaired) electrons. The lowest BCUT2D eigenvalue weighted by Gasteiger charge is -2.10. The third kappa shape index (κ3) is 1.81. The maximum Gasteiger partial charge on any atom is 0.161 e. The van der Waals surface area contributed by atoms with Crippen molar-refractivity contribution in [2.75, 3.05) is 0 Å². The molecule has 0 aliphatic heterocycles. The number of pyridine rings is 1. The monoisotopic (exact) mass is 218 g/mol. The Balaban J connectivity index is 2.59. The molecule has 2 aromatic heterocycles. The molecule has 0 aromatic carbocycles. The Morgan fingerprint density at radius 2 is 2.12 bits per heavy atom. The summed E-state index contributed by atoms with van der Waals surface area (Å²) in [4.78, 5) is 8.46. The van der Waals surface area contributed by atoms with Gasteiger partial charge in [-0.05, 0) is 26.8 Å². The second-order valence-corrected chi connectivity index (χ2v) is 3.71. The molecule has 0 bridgehead atoms. The fourth-order valence-electron chi connectivity index (χ4n) is 1.63. The summed E-state index contributed by atoms with van der Waals surface area (Å²) in [6, 6.07) is 3.63. The Labute approximate surface area is 93.8 Å². The Kier molecular flexibility index (Phi) is 2.70. The average Bonchev–Trinajstić information content (AvgIpc) is 2.57. The zero-order valence-corrected chi connectivity index (χ0v) is 9.55. The molecule has 0 fully saturated rings. The maximum atomic E-state index is 9.66. The third-order valence-corrected chi connectivity index (χ3v) is 2.34. The first kappa shape index (κ1) is 10.8. The van der Waals surface area contributed by atoms with Crippen molar-refractivity contribution >= 4 is 0 Å². The SMILES string of the molecule is Cc1nc(C)n(-c2ncccc2[C@H](C)O)n1. The molecule has 0 aliphatic carbocycles. The van der Waals surface area contributed by atoms with Crippen molar-refractivity contribution in [1.82, 2.24) is 19.7 Å². The van der Waals surface area contributed by atoms with Gasteiger partial charge in [-0.1, -0.05) is 6.07 Å². The van der Waals surface area contributed by atoms with E-state index in [1.54, 1.807) is 23.9 Å². The van der Waals surface area contributed by atoms with Crippen molar-refractivity contribution in [1.29, 1.82) is 0 Å². The predicted octanol–water partition coefficient (Wildman–Crippen LogP) is 1.33. The topological polar surface area (TPSA) is 63.8 Å². The first-order chi connectivity index (χ1) is 7.59. The fourth-order valence-corrected chi connectivity index (χ4v) is 1.63. The van der Waals surface area contributed by atoms with Crippen LogP contribution in [0.25, 0.3) is 5.82 Å². The average molecular weight is 218 g/mol. The van der Waals surface area contributed by atoms with Gasteiger partial charge in [0.1, 0.15) is 11.6 Å². The van der Waals surface area contributed by atoms with Crippen LogP contribution in [0.1, 0.15) is 30.2 Å². The van der Waals surface area contributed by atoms with E-state index in [4.69, 9.17) is 0 Å². The van der Waals surface area contributed by atoms with E-state index in [1.165, 1.54) is 0 Å². The number of aryl methyl sites for hydroxylation is 2. The minimum absolute atomic E-state index is 0.576. The molecule has 0 saturated heterocycles. The minimum atomic E-state index is -0.576. The van der Waals surface area contributed by atoms with Crippen LogP contribution < -0.4 is 0 Å². The van der Waals surface area contributed by atoms with Crippen molar-refractivity contribution in [3.05, 3.63) is 35.5 Å². The molecule has 1 N–H and O–H groups in total. The van der Waals surface area contributed by atoms with E-state index < -0.39 is 6.10 Å². The molecule has 0 aliphatic rings. The van der Waals surface area contributed by atoms with Crippen LogP contribution in [0.15, 0.2) is 18.3 Å². The lowest BCUT2D eigenvalue weighted by molar-refractivity contribution is 0.198. The van der Waals surface area contributed by atoms with Crippen LogP contribution >= 0.6 is 0 Å². The molecule has 0 unspecified atom stereocenters. The molecule has 1 atom stereocenters. The summed E-state index contributed by atoms with van der Waals surface area (Å²) in [7, 11) is 0. The van der Waals surface area contributed by atoms with Crippen LogP contribution in [0, 0.1) is 13.8 Å². The van der Waals surface area contributed by atoms with Gasteiger partial charge < -0.3 is 5.11 Å². The summed E-state index contributed by atoms with van der Waals surface area (Å²) in [5.41, 5.74) is 0.746. The van der Waals surface area contributed by atoms with Gasteiger partial charge in [-0.2, -0.15) is 4.68 Å². The Hall–Kier alpha value is -1.75. The van der Waals surface area contributed by atoms with Crippen molar-refractivity contribution in [3.8, 4) is 5.82 Å². The smallest absolute Gasteiger partial charge is 0.161 e. The van der Waals surface area contributed by atoms with E-state index in [1.807, 2.05) is 19.9 Å². The highest BCUT2D eigenvalue weighted by atomic mass is 16.3. The van der Waals surface area contributed by atoms with Crippen LogP contribution in [0.3, 0.4) is 0 Å². The van der Waals surface area contributed by atoms with Crippen molar-refractivity contribution < 1.29 is 5.11 Å². The third-order valence-electron chi connectivity index (χ3n) is 2.34. The second kappa shape index (κ2) is 4.02. The van der Waals surface area contributed by atoms with Gasteiger partial charge in [0.25, 0.3) is 0 Å². The summed E-state index contributed by atoms with van der Waals surface area (Å²) in [6.45, 7) is 5.40. The lowest BCUT2D eigenvalue weighted by atomic mass is 10.1. The van der Waals surface area contributed by atoms with Crippen LogP contribution in [0.4, 0.5) is 0 Å². The van der Waals surface area contributed by atoms with E-state index >= 15 is 0 Å². The molecular formula is C11H14N4O. The van der Waals surface area contributed by atoms with E-state index in [0.29, 0.717) is 11.6 Å². The van der Waals surface area contributed by atoms with Crippen molar-refractivity contribution in [2.45, 2.75) is 26.9 Å². The molecule has 0 saturated carbocycles. The van der Waals surface area contributed by atoms with Gasteiger partial charge in [0, 0.05) is 11.8 Å². The fraction of sp³-hybridized carbons (Fsp3) is 0.364. The number of nitrogens with zero attached hydrogens (tertiary/aromatic N) is 4. The molecule has 16 heavy (non-hydrogen) atoms. The molecular weight excluding hydrogens is 204 g/mol. The quantitative estimate of drug-likeness (QED) is 0.826. The van der Waals surface area contributed by atoms with Crippen molar-refractivity contribution in [2.24, 2.45) is 0 Å². The van der Waals surface area contributed by atoms with Gasteiger partial charge in [-0.15, -0.1) is 5.10 Å². The normalized spacial score (nSPS) is 12.8. The van der Waals surface area contributed by atoms with Crippen LogP contribution in [0.5, 0.6) is 0 Å². The highest BCUT2D eigenvalue weighted by Crippen LogP contribution is 2.19. The number of aromatic nitrogens is 4. The van der Waals surface area contributed by atoms with Gasteiger partial charge in [-0.25, -0.2) is 9.97 Å². The number of aliphatic hydroxyl groups excluding tert-OH is 1. The van der Waals surface area contributed by atoms with Crippen LogP contribution in [0.2, 0.25) is 0 Å².